The predicted molar refractivity (Wildman–Crippen MR) is 491 cm³/mol. The Morgan fingerprint density at radius 3 is 1.14 bits per heavy atom. The Bertz CT molecular complexity index is 6300. The van der Waals surface area contributed by atoms with Gasteiger partial charge in [0.1, 0.15) is 11.5 Å². The first kappa shape index (κ1) is 71.7. The zero-order valence-corrected chi connectivity index (χ0v) is 68.5. The van der Waals surface area contributed by atoms with Gasteiger partial charge >= 0.3 is 0 Å². The van der Waals surface area contributed by atoms with Gasteiger partial charge in [-0.15, -0.1) is 0 Å². The topological polar surface area (TPSA) is 19.0 Å². The van der Waals surface area contributed by atoms with Crippen molar-refractivity contribution in [3.8, 4) is 89.4 Å². The van der Waals surface area contributed by atoms with Gasteiger partial charge in [-0.05, 0) is 216 Å². The van der Waals surface area contributed by atoms with E-state index in [1.165, 1.54) is 77.5 Å². The van der Waals surface area contributed by atoms with E-state index >= 15 is 0 Å². The third-order valence-electron chi connectivity index (χ3n) is 25.4. The van der Waals surface area contributed by atoms with Crippen LogP contribution in [0.1, 0.15) is 130 Å². The van der Waals surface area contributed by atoms with Crippen LogP contribution >= 0.6 is 0 Å². The molecule has 4 nitrogen and oxygen atoms in total. The normalized spacial score (nSPS) is 14.1. The highest BCUT2D eigenvalue weighted by atomic mass is 16.5. The Balaban J connectivity index is 0.933. The summed E-state index contributed by atoms with van der Waals surface area (Å²) in [7, 11) is 0. The molecule has 4 heterocycles. The second-order valence-electron chi connectivity index (χ2n) is 37.2. The molecule has 0 radical (unpaired) electrons. The molecule has 0 bridgehead atoms. The molecule has 0 saturated heterocycles. The molecular formula is C109H95B2N3O. The maximum Gasteiger partial charge on any atom is 0.256 e. The molecule has 558 valence electrons. The number of nitrogens with zero attached hydrogens (tertiary/aromatic N) is 3. The Labute approximate surface area is 680 Å². The Morgan fingerprint density at radius 2 is 0.635 bits per heavy atom. The molecular weight excluding hydrogens is 1390 g/mol. The molecule has 0 fully saturated rings. The van der Waals surface area contributed by atoms with Crippen LogP contribution in [0.2, 0.25) is 0 Å². The highest BCUT2D eigenvalue weighted by Gasteiger charge is 2.50. The third-order valence-corrected chi connectivity index (χ3v) is 25.4. The Hall–Kier alpha value is -12.4. The zero-order chi connectivity index (χ0) is 78.9. The second kappa shape index (κ2) is 26.3. The van der Waals surface area contributed by atoms with Gasteiger partial charge in [0.15, 0.2) is 0 Å². The van der Waals surface area contributed by atoms with Crippen LogP contribution in [0.15, 0.2) is 322 Å². The van der Waals surface area contributed by atoms with Gasteiger partial charge in [0.2, 0.25) is 0 Å². The van der Waals surface area contributed by atoms with E-state index in [4.69, 9.17) is 4.74 Å². The summed E-state index contributed by atoms with van der Waals surface area (Å²) in [5.41, 5.74) is 40.5. The summed E-state index contributed by atoms with van der Waals surface area (Å²) in [5.74, 6) is 1.68. The fourth-order valence-corrected chi connectivity index (χ4v) is 19.5. The number of ether oxygens (including phenoxy) is 1. The van der Waals surface area contributed by atoms with Crippen LogP contribution in [-0.2, 0) is 27.1 Å². The minimum absolute atomic E-state index is 0.138. The average molecular weight is 1480 g/mol. The van der Waals surface area contributed by atoms with E-state index in [2.05, 4.69) is 433 Å². The van der Waals surface area contributed by atoms with E-state index in [1.807, 2.05) is 0 Å². The van der Waals surface area contributed by atoms with Crippen LogP contribution in [0.25, 0.3) is 77.9 Å². The molecule has 15 aromatic carbocycles. The Morgan fingerprint density at radius 1 is 0.252 bits per heavy atom. The standard InChI is InChI=1S/C109H95B2N3O/c1-105(2,3)75-55-72(56-76(61-75)106(4,5)6)73-57-95-101-96(58-73)114(104-85(70-41-24-17-25-42-70)64-78(108(10,11)12)65-86(104)71-43-26-18-27-44-71)94-67-98-91(66-90(94)110(101)88-51-32-34-53-92(88)112(95)79-45-28-19-29-46-79)111-89-52-33-35-54-93(89)113(103-83(68-37-20-15-21-38-68)62-77(107(7,8)9)63-84(103)69-39-22-16-23-40-69)97-59-74(60-99(115-98)102(97)111)80-48-36-49-82-81-47-30-31-50-87(81)109(13,14)100(80)82/h15-67H,1-14H3. The molecule has 6 heteroatoms. The number of anilines is 9. The minimum Gasteiger partial charge on any atom is -0.458 e. The maximum absolute atomic E-state index is 8.32. The molecule has 0 saturated carbocycles. The first-order chi connectivity index (χ1) is 55.3. The summed E-state index contributed by atoms with van der Waals surface area (Å²) in [6.07, 6.45) is 0. The molecule has 4 aliphatic heterocycles. The molecule has 5 aliphatic rings. The number of hydrogen-bond acceptors (Lipinski definition) is 4. The van der Waals surface area contributed by atoms with E-state index in [0.29, 0.717) is 0 Å². The molecule has 0 amide bonds. The van der Waals surface area contributed by atoms with Gasteiger partial charge in [-0.2, -0.15) is 0 Å². The van der Waals surface area contributed by atoms with Gasteiger partial charge in [-0.1, -0.05) is 340 Å². The first-order valence-corrected chi connectivity index (χ1v) is 41.2. The van der Waals surface area contributed by atoms with Crippen LogP contribution in [0.4, 0.5) is 51.2 Å². The number of hydrogen-bond donors (Lipinski definition) is 0. The molecule has 1 aliphatic carbocycles. The minimum atomic E-state index is -0.317. The molecule has 15 aromatic rings. The third kappa shape index (κ3) is 11.6. The summed E-state index contributed by atoms with van der Waals surface area (Å²) in [4.78, 5) is 7.94. The van der Waals surface area contributed by atoms with Gasteiger partial charge in [-0.25, -0.2) is 0 Å². The summed E-state index contributed by atoms with van der Waals surface area (Å²) < 4.78 is 8.32. The van der Waals surface area contributed by atoms with Gasteiger partial charge in [0, 0.05) is 73.5 Å². The van der Waals surface area contributed by atoms with Gasteiger partial charge < -0.3 is 19.4 Å². The second-order valence-corrected chi connectivity index (χ2v) is 37.2. The van der Waals surface area contributed by atoms with E-state index in [-0.39, 0.29) is 40.5 Å². The number of para-hydroxylation sites is 3. The van der Waals surface area contributed by atoms with Gasteiger partial charge in [0.05, 0.1) is 11.4 Å². The Kier molecular flexibility index (Phi) is 16.4. The lowest BCUT2D eigenvalue weighted by Crippen LogP contribution is -2.64. The van der Waals surface area contributed by atoms with Gasteiger partial charge in [-0.3, -0.25) is 0 Å². The van der Waals surface area contributed by atoms with E-state index in [1.54, 1.807) is 0 Å². The lowest BCUT2D eigenvalue weighted by atomic mass is 9.30. The monoisotopic (exact) mass is 1480 g/mol. The summed E-state index contributed by atoms with van der Waals surface area (Å²) in [5, 5.41) is 0. The lowest BCUT2D eigenvalue weighted by Gasteiger charge is -2.46. The maximum atomic E-state index is 8.32. The first-order valence-electron chi connectivity index (χ1n) is 41.2. The van der Waals surface area contributed by atoms with Crippen molar-refractivity contribution in [3.05, 3.63) is 355 Å². The quantitative estimate of drug-likeness (QED) is 0.134. The highest BCUT2D eigenvalue weighted by Crippen LogP contribution is 2.58. The fourth-order valence-electron chi connectivity index (χ4n) is 19.5. The van der Waals surface area contributed by atoms with E-state index < -0.39 is 0 Å². The van der Waals surface area contributed by atoms with Crippen molar-refractivity contribution in [2.45, 2.75) is 124 Å². The van der Waals surface area contributed by atoms with Crippen molar-refractivity contribution in [3.63, 3.8) is 0 Å². The SMILES string of the molecule is CC(C)(C)c1cc(-c2cc3c4c(c2)N(c2c(-c5ccccc5)cc(C(C)(C)C)cc2-c2ccccc2)c2cc5c(cc2B4c2ccccc2N3c2ccccc2)B2c3ccccc3N(c3c(-c4ccccc4)cc(C(C)(C)C)cc3-c3ccccc3)c3cc(-c4cccc6c4C(C)(C)c4ccccc4-6)cc(c32)O5)cc(C(C)(C)C)c1. The van der Waals surface area contributed by atoms with Gasteiger partial charge in [0.25, 0.3) is 13.4 Å². The van der Waals surface area contributed by atoms with Crippen molar-refractivity contribution in [2.24, 2.45) is 0 Å². The number of fused-ring (bicyclic) bond motifs is 11. The van der Waals surface area contributed by atoms with Crippen molar-refractivity contribution in [1.82, 2.24) is 0 Å². The molecule has 0 unspecified atom stereocenters. The van der Waals surface area contributed by atoms with E-state index in [9.17, 15) is 0 Å². The smallest absolute Gasteiger partial charge is 0.256 e. The number of benzene rings is 15. The van der Waals surface area contributed by atoms with Crippen LogP contribution < -0.4 is 52.2 Å². The van der Waals surface area contributed by atoms with Crippen molar-refractivity contribution >= 4 is 97.4 Å². The number of rotatable bonds is 9. The average Bonchev–Trinajstić information content (AvgIpc) is 1.21. The molecule has 20 rings (SSSR count). The summed E-state index contributed by atoms with van der Waals surface area (Å²) >= 11 is 0. The van der Waals surface area contributed by atoms with Crippen molar-refractivity contribution in [1.29, 1.82) is 0 Å². The fraction of sp³-hybridized carbons (Fsp3) is 0.174. The molecule has 0 N–H and O–H groups in total. The molecule has 115 heavy (non-hydrogen) atoms. The van der Waals surface area contributed by atoms with Crippen molar-refractivity contribution < 1.29 is 4.74 Å². The summed E-state index contributed by atoms with van der Waals surface area (Å²) in [6.45, 7) is 32.6. The molecule has 0 atom stereocenters. The van der Waals surface area contributed by atoms with Crippen LogP contribution in [0.5, 0.6) is 11.5 Å². The van der Waals surface area contributed by atoms with Crippen LogP contribution in [-0.4, -0.2) is 13.4 Å². The molecule has 0 aromatic heterocycles. The summed E-state index contributed by atoms with van der Waals surface area (Å²) in [6, 6.07) is 123. The van der Waals surface area contributed by atoms with E-state index in [0.717, 1.165) is 129 Å². The van der Waals surface area contributed by atoms with Crippen LogP contribution in [0, 0.1) is 0 Å². The van der Waals surface area contributed by atoms with Crippen molar-refractivity contribution in [2.75, 3.05) is 14.7 Å². The predicted octanol–water partition coefficient (Wildman–Crippen LogP) is 25.7. The van der Waals surface area contributed by atoms with Crippen LogP contribution in [0.3, 0.4) is 0 Å². The largest absolute Gasteiger partial charge is 0.458 e. The zero-order valence-electron chi connectivity index (χ0n) is 68.5. The lowest BCUT2D eigenvalue weighted by molar-refractivity contribution is 0.488. The molecule has 0 spiro atoms. The highest BCUT2D eigenvalue weighted by molar-refractivity contribution is 7.02.